The third-order valence-corrected chi connectivity index (χ3v) is 2.73. The predicted octanol–water partition coefficient (Wildman–Crippen LogP) is 2.66. The van der Waals surface area contributed by atoms with Gasteiger partial charge in [0.2, 0.25) is 0 Å². The van der Waals surface area contributed by atoms with Gasteiger partial charge in [-0.15, -0.1) is 0 Å². The minimum atomic E-state index is -0.174. The van der Waals surface area contributed by atoms with Crippen molar-refractivity contribution in [1.29, 1.82) is 0 Å². The van der Waals surface area contributed by atoms with Crippen LogP contribution in [0.2, 0.25) is 0 Å². The van der Waals surface area contributed by atoms with E-state index in [-0.39, 0.29) is 5.91 Å². The molecule has 0 aliphatic carbocycles. The van der Waals surface area contributed by atoms with Gasteiger partial charge in [0, 0.05) is 22.9 Å². The molecule has 0 spiro atoms. The van der Waals surface area contributed by atoms with E-state index in [1.54, 1.807) is 12.3 Å². The van der Waals surface area contributed by atoms with Gasteiger partial charge in [-0.3, -0.25) is 4.79 Å². The van der Waals surface area contributed by atoms with Gasteiger partial charge < -0.3 is 0 Å². The Bertz CT molecular complexity index is 703. The first-order valence-electron chi connectivity index (χ1n) is 5.62. The van der Waals surface area contributed by atoms with Gasteiger partial charge in [0.1, 0.15) is 0 Å². The molecular weight excluding hydrogens is 222 g/mol. The first-order chi connectivity index (χ1) is 8.83. The number of carbonyl (C=O) groups excluding carboxylic acids is 1. The zero-order valence-corrected chi connectivity index (χ0v) is 9.55. The van der Waals surface area contributed by atoms with Crippen molar-refractivity contribution in [1.82, 2.24) is 0 Å². The zero-order chi connectivity index (χ0) is 12.4. The first-order valence-corrected chi connectivity index (χ1v) is 5.62. The Morgan fingerprint density at radius 2 is 1.67 bits per heavy atom. The van der Waals surface area contributed by atoms with E-state index in [2.05, 4.69) is 16.8 Å². The van der Waals surface area contributed by atoms with Gasteiger partial charge in [0.25, 0.3) is 5.91 Å². The highest BCUT2D eigenvalue weighted by atomic mass is 16.1. The van der Waals surface area contributed by atoms with Gasteiger partial charge >= 0.3 is 0 Å². The molecule has 0 aromatic heterocycles. The monoisotopic (exact) mass is 231 g/mol. The van der Waals surface area contributed by atoms with E-state index in [0.717, 1.165) is 16.7 Å². The quantitative estimate of drug-likeness (QED) is 0.641. The van der Waals surface area contributed by atoms with Crippen LogP contribution in [0.25, 0.3) is 0 Å². The molecule has 1 heterocycles. The van der Waals surface area contributed by atoms with E-state index in [0.29, 0.717) is 5.56 Å². The second kappa shape index (κ2) is 4.31. The third-order valence-electron chi connectivity index (χ3n) is 2.73. The minimum Gasteiger partial charge on any atom is -0.267 e. The van der Waals surface area contributed by atoms with Crippen LogP contribution in [0.15, 0.2) is 53.5 Å². The fraction of sp³-hybridized carbons (Fsp3) is 0. The van der Waals surface area contributed by atoms with Crippen LogP contribution in [0.1, 0.15) is 27.0 Å². The van der Waals surface area contributed by atoms with Crippen LogP contribution in [-0.2, 0) is 0 Å². The summed E-state index contributed by atoms with van der Waals surface area (Å²) in [4.78, 5) is 15.1. The van der Waals surface area contributed by atoms with Gasteiger partial charge in [-0.1, -0.05) is 30.0 Å². The van der Waals surface area contributed by atoms with Crippen LogP contribution in [0, 0.1) is 11.8 Å². The summed E-state index contributed by atoms with van der Waals surface area (Å²) in [5.41, 5.74) is 3.36. The van der Waals surface area contributed by atoms with E-state index in [1.165, 1.54) is 0 Å². The maximum absolute atomic E-state index is 11.3. The lowest BCUT2D eigenvalue weighted by molar-refractivity contribution is 0.101. The summed E-state index contributed by atoms with van der Waals surface area (Å²) < 4.78 is 0. The smallest absolute Gasteiger partial charge is 0.267 e. The van der Waals surface area contributed by atoms with E-state index < -0.39 is 0 Å². The Morgan fingerprint density at radius 1 is 0.889 bits per heavy atom. The number of carbonyl (C=O) groups is 1. The Balaban J connectivity index is 1.94. The van der Waals surface area contributed by atoms with Crippen molar-refractivity contribution >= 4 is 12.1 Å². The number of aliphatic imine (C=N–C) groups is 1. The van der Waals surface area contributed by atoms with E-state index in [1.807, 2.05) is 42.5 Å². The molecule has 2 aromatic rings. The van der Waals surface area contributed by atoms with E-state index in [9.17, 15) is 4.79 Å². The normalized spacial score (nSPS) is 11.9. The summed E-state index contributed by atoms with van der Waals surface area (Å²) >= 11 is 0. The van der Waals surface area contributed by atoms with Crippen LogP contribution in [-0.4, -0.2) is 12.1 Å². The van der Waals surface area contributed by atoms with Crippen molar-refractivity contribution in [3.8, 4) is 11.8 Å². The first kappa shape index (κ1) is 10.5. The van der Waals surface area contributed by atoms with Crippen molar-refractivity contribution in [3.63, 3.8) is 0 Å². The Morgan fingerprint density at radius 3 is 2.50 bits per heavy atom. The molecule has 84 valence electrons. The summed E-state index contributed by atoms with van der Waals surface area (Å²) in [7, 11) is 0. The van der Waals surface area contributed by atoms with Crippen LogP contribution in [0.3, 0.4) is 0 Å². The number of nitrogens with zero attached hydrogens (tertiary/aromatic N) is 1. The fourth-order valence-corrected chi connectivity index (χ4v) is 1.81. The van der Waals surface area contributed by atoms with Gasteiger partial charge in [0.15, 0.2) is 0 Å². The summed E-state index contributed by atoms with van der Waals surface area (Å²) in [6.07, 6.45) is 1.59. The van der Waals surface area contributed by atoms with Gasteiger partial charge in [-0.05, 0) is 30.3 Å². The molecule has 3 rings (SSSR count). The molecule has 2 heteroatoms. The summed E-state index contributed by atoms with van der Waals surface area (Å²) in [5.74, 6) is 5.99. The molecular formula is C16H9NO. The third kappa shape index (κ3) is 1.94. The maximum atomic E-state index is 11.3. The van der Waals surface area contributed by atoms with Crippen molar-refractivity contribution in [2.45, 2.75) is 0 Å². The standard InChI is InChI=1S/C16H9NO/c18-16-15-9-8-13(10-14(15)11-17-16)7-6-12-4-2-1-3-5-12/h1-5,8-11H. The molecule has 2 aromatic carbocycles. The summed E-state index contributed by atoms with van der Waals surface area (Å²) in [6, 6.07) is 15.3. The van der Waals surface area contributed by atoms with Gasteiger partial charge in [-0.25, -0.2) is 4.99 Å². The highest BCUT2D eigenvalue weighted by Gasteiger charge is 2.14. The molecule has 1 aliphatic heterocycles. The SMILES string of the molecule is O=C1N=Cc2cc(C#Cc3ccccc3)ccc21. The van der Waals surface area contributed by atoms with Crippen LogP contribution < -0.4 is 0 Å². The fourth-order valence-electron chi connectivity index (χ4n) is 1.81. The van der Waals surface area contributed by atoms with Gasteiger partial charge in [0.05, 0.1) is 5.56 Å². The molecule has 0 fully saturated rings. The Hall–Kier alpha value is -2.66. The second-order valence-electron chi connectivity index (χ2n) is 3.98. The number of rotatable bonds is 0. The number of hydrogen-bond acceptors (Lipinski definition) is 1. The number of fused-ring (bicyclic) bond motifs is 1. The van der Waals surface area contributed by atoms with E-state index >= 15 is 0 Å². The van der Waals surface area contributed by atoms with Crippen molar-refractivity contribution in [3.05, 3.63) is 70.8 Å². The molecule has 0 bridgehead atoms. The molecule has 0 radical (unpaired) electrons. The average molecular weight is 231 g/mol. The highest BCUT2D eigenvalue weighted by Crippen LogP contribution is 2.15. The summed E-state index contributed by atoms with van der Waals surface area (Å²) in [6.45, 7) is 0. The maximum Gasteiger partial charge on any atom is 0.277 e. The molecule has 0 N–H and O–H groups in total. The molecule has 0 unspecified atom stereocenters. The minimum absolute atomic E-state index is 0.174. The van der Waals surface area contributed by atoms with Crippen molar-refractivity contribution < 1.29 is 4.79 Å². The van der Waals surface area contributed by atoms with Crippen molar-refractivity contribution in [2.24, 2.45) is 4.99 Å². The number of hydrogen-bond donors (Lipinski definition) is 0. The Labute approximate surface area is 105 Å². The topological polar surface area (TPSA) is 29.4 Å². The predicted molar refractivity (Wildman–Crippen MR) is 70.8 cm³/mol. The molecule has 0 saturated heterocycles. The Kier molecular flexibility index (Phi) is 2.51. The number of amides is 1. The molecule has 1 amide bonds. The zero-order valence-electron chi connectivity index (χ0n) is 9.55. The molecule has 1 aliphatic rings. The van der Waals surface area contributed by atoms with Crippen LogP contribution in [0.5, 0.6) is 0 Å². The lowest BCUT2D eigenvalue weighted by Crippen LogP contribution is -1.91. The highest BCUT2D eigenvalue weighted by molar-refractivity contribution is 6.13. The summed E-state index contributed by atoms with van der Waals surface area (Å²) in [5, 5.41) is 0. The molecule has 0 atom stereocenters. The molecule has 2 nitrogen and oxygen atoms in total. The van der Waals surface area contributed by atoms with Crippen LogP contribution in [0.4, 0.5) is 0 Å². The van der Waals surface area contributed by atoms with E-state index in [4.69, 9.17) is 0 Å². The lowest BCUT2D eigenvalue weighted by atomic mass is 10.1. The largest absolute Gasteiger partial charge is 0.277 e. The molecule has 0 saturated carbocycles. The van der Waals surface area contributed by atoms with Crippen molar-refractivity contribution in [2.75, 3.05) is 0 Å². The average Bonchev–Trinajstić information content (AvgIpc) is 2.79. The van der Waals surface area contributed by atoms with Gasteiger partial charge in [-0.2, -0.15) is 0 Å². The molecule has 18 heavy (non-hydrogen) atoms. The number of benzene rings is 2. The second-order valence-corrected chi connectivity index (χ2v) is 3.98. The lowest BCUT2D eigenvalue weighted by Gasteiger charge is -1.95. The van der Waals surface area contributed by atoms with Crippen LogP contribution >= 0.6 is 0 Å².